The predicted octanol–water partition coefficient (Wildman–Crippen LogP) is 1.58. The van der Waals surface area contributed by atoms with E-state index >= 15 is 0 Å². The number of carbonyl (C=O) groups is 2. The zero-order chi connectivity index (χ0) is 14.4. The van der Waals surface area contributed by atoms with E-state index in [1.807, 2.05) is 0 Å². The lowest BCUT2D eigenvalue weighted by molar-refractivity contribution is -0.140. The second-order valence-electron chi connectivity index (χ2n) is 4.60. The Morgan fingerprint density at radius 1 is 1.37 bits per heavy atom. The van der Waals surface area contributed by atoms with E-state index in [2.05, 4.69) is 5.32 Å². The van der Waals surface area contributed by atoms with Crippen LogP contribution in [-0.4, -0.2) is 36.6 Å². The largest absolute Gasteiger partial charge is 0.497 e. The molecule has 0 heterocycles. The van der Waals surface area contributed by atoms with Crippen LogP contribution < -0.4 is 10.1 Å². The number of aliphatic carboxylic acids is 1. The number of Topliss-reactive ketones (excluding diaryl/α,β-unsaturated/α-hetero) is 1. The van der Waals surface area contributed by atoms with Gasteiger partial charge >= 0.3 is 5.97 Å². The van der Waals surface area contributed by atoms with Crippen molar-refractivity contribution in [3.8, 4) is 5.75 Å². The monoisotopic (exact) mass is 265 g/mol. The van der Waals surface area contributed by atoms with Crippen LogP contribution in [0, 0.1) is 5.92 Å². The Labute approximate surface area is 112 Å². The summed E-state index contributed by atoms with van der Waals surface area (Å²) in [6.07, 6.45) is 0. The van der Waals surface area contributed by atoms with Crippen LogP contribution in [0.2, 0.25) is 0 Å². The summed E-state index contributed by atoms with van der Waals surface area (Å²) in [5, 5.41) is 11.8. The summed E-state index contributed by atoms with van der Waals surface area (Å²) < 4.78 is 5.04. The van der Waals surface area contributed by atoms with Crippen LogP contribution in [0.25, 0.3) is 0 Å². The molecule has 0 aromatic heterocycles. The van der Waals surface area contributed by atoms with E-state index in [1.54, 1.807) is 38.1 Å². The maximum Gasteiger partial charge on any atom is 0.320 e. The van der Waals surface area contributed by atoms with Crippen LogP contribution in [0.3, 0.4) is 0 Å². The smallest absolute Gasteiger partial charge is 0.320 e. The highest BCUT2D eigenvalue weighted by molar-refractivity contribution is 5.98. The number of ketones is 1. The van der Waals surface area contributed by atoms with E-state index in [0.717, 1.165) is 0 Å². The van der Waals surface area contributed by atoms with Crippen molar-refractivity contribution in [3.63, 3.8) is 0 Å². The third-order valence-electron chi connectivity index (χ3n) is 2.81. The SMILES string of the molecule is COc1cccc(C(=O)CNC(C(=O)O)C(C)C)c1. The molecule has 1 aromatic rings. The summed E-state index contributed by atoms with van der Waals surface area (Å²) in [5.74, 6) is -0.598. The minimum absolute atomic E-state index is 0.0116. The number of methoxy groups -OCH3 is 1. The van der Waals surface area contributed by atoms with Gasteiger partial charge in [0.1, 0.15) is 11.8 Å². The van der Waals surface area contributed by atoms with Gasteiger partial charge in [0.15, 0.2) is 5.78 Å². The van der Waals surface area contributed by atoms with Crippen LogP contribution in [0.5, 0.6) is 5.75 Å². The maximum absolute atomic E-state index is 12.0. The molecule has 0 fully saturated rings. The van der Waals surface area contributed by atoms with Crippen molar-refractivity contribution in [1.29, 1.82) is 0 Å². The Bertz CT molecular complexity index is 457. The van der Waals surface area contributed by atoms with E-state index < -0.39 is 12.0 Å². The fraction of sp³-hybridized carbons (Fsp3) is 0.429. The minimum atomic E-state index is -0.951. The molecule has 104 valence electrons. The minimum Gasteiger partial charge on any atom is -0.497 e. The molecule has 0 bridgehead atoms. The number of ether oxygens (including phenoxy) is 1. The van der Waals surface area contributed by atoms with E-state index in [-0.39, 0.29) is 18.2 Å². The molecule has 5 nitrogen and oxygen atoms in total. The normalized spacial score (nSPS) is 12.2. The fourth-order valence-corrected chi connectivity index (χ4v) is 1.71. The lowest BCUT2D eigenvalue weighted by Gasteiger charge is -2.17. The number of nitrogens with one attached hydrogen (secondary N) is 1. The molecule has 1 unspecified atom stereocenters. The van der Waals surface area contributed by atoms with Crippen LogP contribution >= 0.6 is 0 Å². The average molecular weight is 265 g/mol. The molecule has 0 spiro atoms. The number of rotatable bonds is 7. The molecule has 0 saturated carbocycles. The van der Waals surface area contributed by atoms with Gasteiger partial charge < -0.3 is 9.84 Å². The predicted molar refractivity (Wildman–Crippen MR) is 71.6 cm³/mol. The summed E-state index contributed by atoms with van der Waals surface area (Å²) in [7, 11) is 1.53. The summed E-state index contributed by atoms with van der Waals surface area (Å²) in [4.78, 5) is 22.9. The van der Waals surface area contributed by atoms with Crippen LogP contribution in [0.15, 0.2) is 24.3 Å². The molecule has 0 amide bonds. The van der Waals surface area contributed by atoms with Gasteiger partial charge in [-0.1, -0.05) is 26.0 Å². The molecule has 1 rings (SSSR count). The highest BCUT2D eigenvalue weighted by atomic mass is 16.5. The van der Waals surface area contributed by atoms with Crippen molar-refractivity contribution < 1.29 is 19.4 Å². The summed E-state index contributed by atoms with van der Waals surface area (Å²) in [5.41, 5.74) is 0.500. The topological polar surface area (TPSA) is 75.6 Å². The number of carboxylic acids is 1. The first-order valence-electron chi connectivity index (χ1n) is 6.09. The van der Waals surface area contributed by atoms with Crippen molar-refractivity contribution in [3.05, 3.63) is 29.8 Å². The Morgan fingerprint density at radius 2 is 2.05 bits per heavy atom. The quantitative estimate of drug-likeness (QED) is 0.732. The number of hydrogen-bond acceptors (Lipinski definition) is 4. The third kappa shape index (κ3) is 4.37. The Balaban J connectivity index is 2.66. The molecule has 1 atom stereocenters. The lowest BCUT2D eigenvalue weighted by atomic mass is 10.0. The average Bonchev–Trinajstić information content (AvgIpc) is 2.38. The van der Waals surface area contributed by atoms with Crippen molar-refractivity contribution in [2.24, 2.45) is 5.92 Å². The summed E-state index contributed by atoms with van der Waals surface area (Å²) in [6, 6.07) is 6.06. The van der Waals surface area contributed by atoms with Gasteiger partial charge in [0.05, 0.1) is 13.7 Å². The number of carboxylic acid groups (broad SMARTS) is 1. The van der Waals surface area contributed by atoms with Crippen LogP contribution in [0.4, 0.5) is 0 Å². The molecule has 5 heteroatoms. The number of benzene rings is 1. The van der Waals surface area contributed by atoms with Crippen molar-refractivity contribution in [2.75, 3.05) is 13.7 Å². The molecule has 1 aromatic carbocycles. The van der Waals surface area contributed by atoms with E-state index in [4.69, 9.17) is 9.84 Å². The molecule has 2 N–H and O–H groups in total. The first kappa shape index (κ1) is 15.2. The number of hydrogen-bond donors (Lipinski definition) is 2. The second-order valence-corrected chi connectivity index (χ2v) is 4.60. The molecular weight excluding hydrogens is 246 g/mol. The van der Waals surface area contributed by atoms with Gasteiger partial charge in [-0.05, 0) is 18.1 Å². The molecule has 0 aliphatic rings. The second kappa shape index (κ2) is 6.89. The molecular formula is C14H19NO4. The van der Waals surface area contributed by atoms with Gasteiger partial charge in [0.25, 0.3) is 0 Å². The molecule has 0 saturated heterocycles. The summed E-state index contributed by atoms with van der Waals surface area (Å²) in [6.45, 7) is 3.58. The summed E-state index contributed by atoms with van der Waals surface area (Å²) >= 11 is 0. The van der Waals surface area contributed by atoms with Crippen molar-refractivity contribution in [1.82, 2.24) is 5.32 Å². The van der Waals surface area contributed by atoms with Crippen molar-refractivity contribution >= 4 is 11.8 Å². The highest BCUT2D eigenvalue weighted by Gasteiger charge is 2.21. The lowest BCUT2D eigenvalue weighted by Crippen LogP contribution is -2.43. The molecule has 0 radical (unpaired) electrons. The van der Waals surface area contributed by atoms with Gasteiger partial charge in [0, 0.05) is 5.56 Å². The Morgan fingerprint density at radius 3 is 2.58 bits per heavy atom. The van der Waals surface area contributed by atoms with E-state index in [9.17, 15) is 9.59 Å². The van der Waals surface area contributed by atoms with Gasteiger partial charge in [-0.2, -0.15) is 0 Å². The molecule has 0 aliphatic carbocycles. The maximum atomic E-state index is 12.0. The molecule has 0 aliphatic heterocycles. The van der Waals surface area contributed by atoms with E-state index in [0.29, 0.717) is 11.3 Å². The van der Waals surface area contributed by atoms with E-state index in [1.165, 1.54) is 7.11 Å². The van der Waals surface area contributed by atoms with Gasteiger partial charge in [-0.25, -0.2) is 0 Å². The molecule has 19 heavy (non-hydrogen) atoms. The van der Waals surface area contributed by atoms with Crippen molar-refractivity contribution in [2.45, 2.75) is 19.9 Å². The van der Waals surface area contributed by atoms with Gasteiger partial charge in [-0.15, -0.1) is 0 Å². The number of carbonyl (C=O) groups excluding carboxylic acids is 1. The Kier molecular flexibility index (Phi) is 5.51. The van der Waals surface area contributed by atoms with Crippen LogP contribution in [-0.2, 0) is 4.79 Å². The van der Waals surface area contributed by atoms with Crippen LogP contribution in [0.1, 0.15) is 24.2 Å². The highest BCUT2D eigenvalue weighted by Crippen LogP contribution is 2.13. The zero-order valence-electron chi connectivity index (χ0n) is 11.3. The Hall–Kier alpha value is -1.88. The first-order chi connectivity index (χ1) is 8.95. The first-order valence-corrected chi connectivity index (χ1v) is 6.09. The standard InChI is InChI=1S/C14H19NO4/c1-9(2)13(14(17)18)15-8-12(16)10-5-4-6-11(7-10)19-3/h4-7,9,13,15H,8H2,1-3H3,(H,17,18). The van der Waals surface area contributed by atoms with Gasteiger partial charge in [-0.3, -0.25) is 14.9 Å². The third-order valence-corrected chi connectivity index (χ3v) is 2.81. The fourth-order valence-electron chi connectivity index (χ4n) is 1.71. The zero-order valence-corrected chi connectivity index (χ0v) is 11.3. The van der Waals surface area contributed by atoms with Gasteiger partial charge in [0.2, 0.25) is 0 Å².